The summed E-state index contributed by atoms with van der Waals surface area (Å²) >= 11 is 3.44. The fourth-order valence-corrected chi connectivity index (χ4v) is 2.46. The summed E-state index contributed by atoms with van der Waals surface area (Å²) in [4.78, 5) is 4.07. The number of methoxy groups -OCH3 is 1. The molecule has 1 atom stereocenters. The van der Waals surface area contributed by atoms with Crippen molar-refractivity contribution in [1.29, 1.82) is 0 Å². The molecule has 0 saturated carbocycles. The van der Waals surface area contributed by atoms with E-state index in [4.69, 9.17) is 4.74 Å². The molecule has 0 spiro atoms. The topological polar surface area (TPSA) is 42.4 Å². The number of aryl methyl sites for hydroxylation is 1. The number of benzene rings is 1. The predicted octanol–water partition coefficient (Wildman–Crippen LogP) is 3.44. The monoisotopic (exact) mass is 321 g/mol. The third kappa shape index (κ3) is 3.33. The molecule has 0 aliphatic heterocycles. The van der Waals surface area contributed by atoms with Crippen molar-refractivity contribution in [2.45, 2.75) is 19.4 Å². The van der Waals surface area contributed by atoms with Gasteiger partial charge in [-0.2, -0.15) is 0 Å². The molecule has 4 heteroatoms. The van der Waals surface area contributed by atoms with Crippen LogP contribution >= 0.6 is 15.9 Å². The third-order valence-electron chi connectivity index (χ3n) is 3.09. The van der Waals surface area contributed by atoms with Crippen molar-refractivity contribution in [2.24, 2.45) is 0 Å². The van der Waals surface area contributed by atoms with Crippen molar-refractivity contribution in [1.82, 2.24) is 4.98 Å². The minimum atomic E-state index is -0.586. The lowest BCUT2D eigenvalue weighted by atomic mass is 9.99. The fraction of sp³-hybridized carbons (Fsp3) is 0.267. The van der Waals surface area contributed by atoms with Crippen LogP contribution in [0.15, 0.2) is 41.1 Å². The van der Waals surface area contributed by atoms with E-state index in [0.717, 1.165) is 26.9 Å². The molecule has 3 nitrogen and oxygen atoms in total. The maximum atomic E-state index is 10.4. The maximum Gasteiger partial charge on any atom is 0.122 e. The zero-order valence-electron chi connectivity index (χ0n) is 10.9. The van der Waals surface area contributed by atoms with Crippen LogP contribution in [0.4, 0.5) is 0 Å². The number of aliphatic hydroxyl groups excluding tert-OH is 1. The Hall–Kier alpha value is -1.39. The molecular formula is C15H16BrNO2. The smallest absolute Gasteiger partial charge is 0.122 e. The first-order chi connectivity index (χ1) is 9.11. The quantitative estimate of drug-likeness (QED) is 0.938. The van der Waals surface area contributed by atoms with E-state index in [1.54, 1.807) is 19.5 Å². The van der Waals surface area contributed by atoms with Crippen molar-refractivity contribution in [3.63, 3.8) is 0 Å². The zero-order valence-corrected chi connectivity index (χ0v) is 12.5. The normalized spacial score (nSPS) is 12.2. The van der Waals surface area contributed by atoms with Crippen molar-refractivity contribution in [3.05, 3.63) is 57.8 Å². The summed E-state index contributed by atoms with van der Waals surface area (Å²) in [6, 6.07) is 7.68. The van der Waals surface area contributed by atoms with E-state index >= 15 is 0 Å². The Balaban J connectivity index is 2.26. The predicted molar refractivity (Wildman–Crippen MR) is 78.3 cm³/mol. The van der Waals surface area contributed by atoms with Crippen molar-refractivity contribution < 1.29 is 9.84 Å². The molecule has 0 aliphatic carbocycles. The SMILES string of the molecule is COc1ccc(Br)cc1CC(O)c1cnccc1C. The van der Waals surface area contributed by atoms with Gasteiger partial charge in [0.1, 0.15) is 5.75 Å². The number of halogens is 1. The van der Waals surface area contributed by atoms with Crippen LogP contribution in [0.2, 0.25) is 0 Å². The van der Waals surface area contributed by atoms with Crippen molar-refractivity contribution in [3.8, 4) is 5.75 Å². The molecule has 1 aromatic heterocycles. The van der Waals surface area contributed by atoms with E-state index in [0.29, 0.717) is 6.42 Å². The summed E-state index contributed by atoms with van der Waals surface area (Å²) in [6.07, 6.45) is 3.35. The molecule has 1 heterocycles. The van der Waals surface area contributed by atoms with E-state index in [-0.39, 0.29) is 0 Å². The van der Waals surface area contributed by atoms with E-state index in [1.807, 2.05) is 31.2 Å². The molecular weight excluding hydrogens is 306 g/mol. The van der Waals surface area contributed by atoms with Gasteiger partial charge in [-0.3, -0.25) is 4.98 Å². The third-order valence-corrected chi connectivity index (χ3v) is 3.59. The van der Waals surface area contributed by atoms with Gasteiger partial charge < -0.3 is 9.84 Å². The maximum absolute atomic E-state index is 10.4. The second-order valence-electron chi connectivity index (χ2n) is 4.41. The van der Waals surface area contributed by atoms with Crippen LogP contribution < -0.4 is 4.74 Å². The molecule has 2 aromatic rings. The highest BCUT2D eigenvalue weighted by Gasteiger charge is 2.14. The van der Waals surface area contributed by atoms with Crippen molar-refractivity contribution >= 4 is 15.9 Å². The Morgan fingerprint density at radius 1 is 1.37 bits per heavy atom. The van der Waals surface area contributed by atoms with Gasteiger partial charge in [0, 0.05) is 28.9 Å². The van der Waals surface area contributed by atoms with Gasteiger partial charge in [-0.05, 0) is 42.3 Å². The van der Waals surface area contributed by atoms with Crippen LogP contribution in [0.25, 0.3) is 0 Å². The second-order valence-corrected chi connectivity index (χ2v) is 5.32. The fourth-order valence-electron chi connectivity index (χ4n) is 2.05. The number of hydrogen-bond acceptors (Lipinski definition) is 3. The number of hydrogen-bond donors (Lipinski definition) is 1. The van der Waals surface area contributed by atoms with Gasteiger partial charge in [-0.25, -0.2) is 0 Å². The van der Waals surface area contributed by atoms with E-state index in [1.165, 1.54) is 0 Å². The molecule has 1 N–H and O–H groups in total. The van der Waals surface area contributed by atoms with E-state index in [9.17, 15) is 5.11 Å². The average molecular weight is 322 g/mol. The molecule has 0 radical (unpaired) electrons. The Bertz CT molecular complexity index is 572. The van der Waals surface area contributed by atoms with E-state index in [2.05, 4.69) is 20.9 Å². The van der Waals surface area contributed by atoms with Crippen molar-refractivity contribution in [2.75, 3.05) is 7.11 Å². The molecule has 0 saturated heterocycles. The summed E-state index contributed by atoms with van der Waals surface area (Å²) in [6.45, 7) is 1.97. The number of aromatic nitrogens is 1. The summed E-state index contributed by atoms with van der Waals surface area (Å²) in [5.74, 6) is 0.781. The molecule has 2 rings (SSSR count). The summed E-state index contributed by atoms with van der Waals surface area (Å²) in [5, 5.41) is 10.4. The van der Waals surface area contributed by atoms with Crippen LogP contribution in [0.5, 0.6) is 5.75 Å². The standard InChI is InChI=1S/C15H16BrNO2/c1-10-5-6-17-9-13(10)14(18)8-11-7-12(16)3-4-15(11)19-2/h3-7,9,14,18H,8H2,1-2H3. The summed E-state index contributed by atoms with van der Waals surface area (Å²) in [5.41, 5.74) is 2.86. The van der Waals surface area contributed by atoms with Crippen LogP contribution in [0.3, 0.4) is 0 Å². The highest BCUT2D eigenvalue weighted by Crippen LogP contribution is 2.28. The van der Waals surface area contributed by atoms with Gasteiger partial charge in [0.2, 0.25) is 0 Å². The molecule has 0 fully saturated rings. The van der Waals surface area contributed by atoms with Gasteiger partial charge in [0.25, 0.3) is 0 Å². The number of nitrogens with zero attached hydrogens (tertiary/aromatic N) is 1. The minimum absolute atomic E-state index is 0.495. The Morgan fingerprint density at radius 3 is 2.84 bits per heavy atom. The lowest BCUT2D eigenvalue weighted by Gasteiger charge is -2.15. The Labute approximate surface area is 121 Å². The number of ether oxygens (including phenoxy) is 1. The van der Waals surface area contributed by atoms with Gasteiger partial charge >= 0.3 is 0 Å². The molecule has 1 unspecified atom stereocenters. The first-order valence-electron chi connectivity index (χ1n) is 6.03. The van der Waals surface area contributed by atoms with Gasteiger partial charge in [0.15, 0.2) is 0 Å². The highest BCUT2D eigenvalue weighted by atomic mass is 79.9. The largest absolute Gasteiger partial charge is 0.496 e. The molecule has 19 heavy (non-hydrogen) atoms. The van der Waals surface area contributed by atoms with Crippen LogP contribution in [-0.4, -0.2) is 17.2 Å². The first kappa shape index (κ1) is 14.0. The Morgan fingerprint density at radius 2 is 2.16 bits per heavy atom. The zero-order chi connectivity index (χ0) is 13.8. The highest BCUT2D eigenvalue weighted by molar-refractivity contribution is 9.10. The van der Waals surface area contributed by atoms with E-state index < -0.39 is 6.10 Å². The lowest BCUT2D eigenvalue weighted by molar-refractivity contribution is 0.176. The Kier molecular flexibility index (Phi) is 4.56. The van der Waals surface area contributed by atoms with Crippen LogP contribution in [0.1, 0.15) is 22.8 Å². The molecule has 100 valence electrons. The summed E-state index contributed by atoms with van der Waals surface area (Å²) in [7, 11) is 1.63. The molecule has 0 amide bonds. The number of rotatable bonds is 4. The summed E-state index contributed by atoms with van der Waals surface area (Å²) < 4.78 is 6.29. The molecule has 1 aromatic carbocycles. The second kappa shape index (κ2) is 6.17. The van der Waals surface area contributed by atoms with Crippen LogP contribution in [-0.2, 0) is 6.42 Å². The lowest BCUT2D eigenvalue weighted by Crippen LogP contribution is -2.05. The number of aliphatic hydroxyl groups is 1. The average Bonchev–Trinajstić information content (AvgIpc) is 2.39. The molecule has 0 bridgehead atoms. The van der Waals surface area contributed by atoms with Gasteiger partial charge in [-0.1, -0.05) is 15.9 Å². The minimum Gasteiger partial charge on any atom is -0.496 e. The molecule has 0 aliphatic rings. The van der Waals surface area contributed by atoms with Gasteiger partial charge in [0.05, 0.1) is 13.2 Å². The number of pyridine rings is 1. The van der Waals surface area contributed by atoms with Crippen LogP contribution in [0, 0.1) is 6.92 Å². The van der Waals surface area contributed by atoms with Gasteiger partial charge in [-0.15, -0.1) is 0 Å². The first-order valence-corrected chi connectivity index (χ1v) is 6.82.